The summed E-state index contributed by atoms with van der Waals surface area (Å²) in [6.07, 6.45) is 7.42. The lowest BCUT2D eigenvalue weighted by atomic mass is 9.83. The van der Waals surface area contributed by atoms with Crippen molar-refractivity contribution >= 4 is 28.4 Å². The maximum absolute atomic E-state index is 12.9. The summed E-state index contributed by atoms with van der Waals surface area (Å²) in [5, 5.41) is -0.336. The van der Waals surface area contributed by atoms with Gasteiger partial charge in [-0.15, -0.1) is 0 Å². The number of anilines is 1. The van der Waals surface area contributed by atoms with Gasteiger partial charge in [-0.25, -0.2) is 15.0 Å². The molecule has 0 amide bonds. The zero-order valence-electron chi connectivity index (χ0n) is 20.5. The third-order valence-corrected chi connectivity index (χ3v) is 7.35. The Morgan fingerprint density at radius 1 is 1.16 bits per heavy atom. The lowest BCUT2D eigenvalue weighted by Crippen LogP contribution is -2.45. The molecule has 5 rings (SSSR count). The minimum atomic E-state index is -2.90. The van der Waals surface area contributed by atoms with E-state index in [1.165, 1.54) is 0 Å². The van der Waals surface area contributed by atoms with Crippen LogP contribution in [0.5, 0.6) is 5.75 Å². The third-order valence-electron chi connectivity index (χ3n) is 6.89. The normalized spacial score (nSPS) is 17.9. The molecular formula is C27H26ClF2N5O2. The van der Waals surface area contributed by atoms with E-state index >= 15 is 0 Å². The maximum Gasteiger partial charge on any atom is 0.387 e. The maximum atomic E-state index is 12.9. The van der Waals surface area contributed by atoms with Crippen molar-refractivity contribution in [3.05, 3.63) is 71.9 Å². The lowest BCUT2D eigenvalue weighted by Gasteiger charge is -2.37. The summed E-state index contributed by atoms with van der Waals surface area (Å²) in [5.74, 6) is 0.708. The number of rotatable bonds is 7. The number of carbonyl (C=O) groups is 1. The van der Waals surface area contributed by atoms with Crippen LogP contribution < -0.4 is 9.64 Å². The number of hydrogen-bond acceptors (Lipinski definition) is 6. The molecule has 0 N–H and O–H groups in total. The molecule has 0 spiro atoms. The van der Waals surface area contributed by atoms with Crippen molar-refractivity contribution in [1.29, 1.82) is 0 Å². The quantitative estimate of drug-likeness (QED) is 0.290. The van der Waals surface area contributed by atoms with Gasteiger partial charge >= 0.3 is 6.61 Å². The second-order valence-electron chi connectivity index (χ2n) is 9.58. The van der Waals surface area contributed by atoms with Crippen LogP contribution in [0.1, 0.15) is 36.7 Å². The second-order valence-corrected chi connectivity index (χ2v) is 9.93. The molecule has 0 bridgehead atoms. The lowest BCUT2D eigenvalue weighted by molar-refractivity contribution is -0.120. The largest absolute Gasteiger partial charge is 0.435 e. The predicted octanol–water partition coefficient (Wildman–Crippen LogP) is 5.66. The molecule has 37 heavy (non-hydrogen) atoms. The number of carbonyl (C=O) groups excluding carboxylic acids is 1. The van der Waals surface area contributed by atoms with Gasteiger partial charge in [0.2, 0.25) is 11.2 Å². The van der Waals surface area contributed by atoms with E-state index < -0.39 is 12.0 Å². The van der Waals surface area contributed by atoms with E-state index in [-0.39, 0.29) is 11.0 Å². The highest BCUT2D eigenvalue weighted by atomic mass is 35.5. The summed E-state index contributed by atoms with van der Waals surface area (Å²) >= 11 is 5.85. The Hall–Kier alpha value is -3.59. The molecule has 1 aliphatic heterocycles. The van der Waals surface area contributed by atoms with Gasteiger partial charge in [0.25, 0.3) is 0 Å². The molecule has 7 nitrogen and oxygen atoms in total. The average molecular weight is 526 g/mol. The van der Waals surface area contributed by atoms with Crippen LogP contribution in [0, 0.1) is 12.3 Å². The molecule has 1 saturated heterocycles. The first-order valence-electron chi connectivity index (χ1n) is 12.0. The number of halogens is 3. The van der Waals surface area contributed by atoms with Crippen LogP contribution in [0.25, 0.3) is 16.8 Å². The Labute approximate surface area is 218 Å². The summed E-state index contributed by atoms with van der Waals surface area (Å²) < 4.78 is 32.5. The molecule has 10 heteroatoms. The minimum Gasteiger partial charge on any atom is -0.435 e. The molecule has 3 aromatic heterocycles. The van der Waals surface area contributed by atoms with Gasteiger partial charge in [0.1, 0.15) is 11.4 Å². The first-order chi connectivity index (χ1) is 17.7. The molecule has 0 radical (unpaired) electrons. The number of imidazole rings is 1. The van der Waals surface area contributed by atoms with Crippen molar-refractivity contribution in [2.45, 2.75) is 39.7 Å². The molecule has 192 valence electrons. The van der Waals surface area contributed by atoms with E-state index in [0.717, 1.165) is 47.5 Å². The van der Waals surface area contributed by atoms with Crippen LogP contribution in [-0.4, -0.2) is 44.3 Å². The van der Waals surface area contributed by atoms with Crippen LogP contribution in [-0.2, 0) is 11.2 Å². The highest BCUT2D eigenvalue weighted by Crippen LogP contribution is 2.33. The number of hydrogen-bond donors (Lipinski definition) is 0. The van der Waals surface area contributed by atoms with Gasteiger partial charge in [0, 0.05) is 60.5 Å². The number of benzene rings is 1. The van der Waals surface area contributed by atoms with Gasteiger partial charge in [-0.2, -0.15) is 8.78 Å². The predicted molar refractivity (Wildman–Crippen MR) is 137 cm³/mol. The molecule has 4 aromatic rings. The van der Waals surface area contributed by atoms with E-state index in [1.807, 2.05) is 41.5 Å². The highest BCUT2D eigenvalue weighted by Gasteiger charge is 2.37. The summed E-state index contributed by atoms with van der Waals surface area (Å²) in [4.78, 5) is 27.7. The minimum absolute atomic E-state index is 0.150. The van der Waals surface area contributed by atoms with Crippen molar-refractivity contribution in [2.24, 2.45) is 5.41 Å². The number of alkyl halides is 2. The topological polar surface area (TPSA) is 72.6 Å². The molecule has 1 fully saturated rings. The number of pyridine rings is 1. The third kappa shape index (κ3) is 5.13. The summed E-state index contributed by atoms with van der Waals surface area (Å²) in [7, 11) is 0. The van der Waals surface area contributed by atoms with Gasteiger partial charge < -0.3 is 14.0 Å². The van der Waals surface area contributed by atoms with Gasteiger partial charge in [-0.1, -0.05) is 18.2 Å². The molecular weight excluding hydrogens is 500 g/mol. The number of piperidine rings is 1. The van der Waals surface area contributed by atoms with Gasteiger partial charge in [0.05, 0.1) is 11.1 Å². The van der Waals surface area contributed by atoms with Crippen LogP contribution in [0.2, 0.25) is 0 Å². The first kappa shape index (κ1) is 25.1. The summed E-state index contributed by atoms with van der Waals surface area (Å²) in [5.41, 5.74) is 4.17. The molecule has 0 aliphatic carbocycles. The monoisotopic (exact) mass is 525 g/mol. The smallest absolute Gasteiger partial charge is 0.387 e. The molecule has 1 aliphatic rings. The fourth-order valence-corrected chi connectivity index (χ4v) is 4.99. The highest BCUT2D eigenvalue weighted by molar-refractivity contribution is 6.64. The number of fused-ring (bicyclic) bond motifs is 1. The molecule has 1 unspecified atom stereocenters. The molecule has 1 aromatic carbocycles. The summed E-state index contributed by atoms with van der Waals surface area (Å²) in [6, 6.07) is 10.6. The Balaban J connectivity index is 1.43. The van der Waals surface area contributed by atoms with Crippen LogP contribution in [0.3, 0.4) is 0 Å². The molecule has 0 saturated carbocycles. The molecule has 4 heterocycles. The van der Waals surface area contributed by atoms with Crippen molar-refractivity contribution in [3.63, 3.8) is 0 Å². The fourth-order valence-electron chi connectivity index (χ4n) is 4.84. The fraction of sp³-hybridized carbons (Fsp3) is 0.333. The van der Waals surface area contributed by atoms with Crippen molar-refractivity contribution in [1.82, 2.24) is 19.4 Å². The Kier molecular flexibility index (Phi) is 6.81. The number of ether oxygens (including phenoxy) is 1. The Morgan fingerprint density at radius 3 is 2.65 bits per heavy atom. The van der Waals surface area contributed by atoms with Gasteiger partial charge in [-0.3, -0.25) is 4.79 Å². The number of para-hydroxylation sites is 1. The van der Waals surface area contributed by atoms with Crippen molar-refractivity contribution < 1.29 is 18.3 Å². The Bertz CT molecular complexity index is 1440. The number of aromatic nitrogens is 4. The Morgan fingerprint density at radius 2 is 1.92 bits per heavy atom. The van der Waals surface area contributed by atoms with Gasteiger partial charge in [-0.05, 0) is 56.5 Å². The van der Waals surface area contributed by atoms with E-state index in [0.29, 0.717) is 24.5 Å². The average Bonchev–Trinajstić information content (AvgIpc) is 3.19. The zero-order chi connectivity index (χ0) is 26.2. The van der Waals surface area contributed by atoms with E-state index in [9.17, 15) is 13.6 Å². The first-order valence-corrected chi connectivity index (χ1v) is 12.4. The second kappa shape index (κ2) is 10.0. The summed E-state index contributed by atoms with van der Waals surface area (Å²) in [6.45, 7) is 2.12. The van der Waals surface area contributed by atoms with Crippen molar-refractivity contribution in [3.8, 4) is 16.9 Å². The van der Waals surface area contributed by atoms with Crippen LogP contribution in [0.15, 0.2) is 55.0 Å². The van der Waals surface area contributed by atoms with E-state index in [4.69, 9.17) is 16.3 Å². The molecule has 1 atom stereocenters. The van der Waals surface area contributed by atoms with E-state index in [2.05, 4.69) is 15.0 Å². The zero-order valence-corrected chi connectivity index (χ0v) is 21.3. The standard InChI is InChI=1S/C27H26ClF2N5O2/c1-17-21(12-18-6-3-4-7-22(18)37-25(29)30)35-15-19(8-9-23(35)33-17)20-13-31-26(32-14-20)34-11-5-10-27(2,16-34)24(28)36/h3-4,6-9,13-15,25H,5,10-12,16H2,1-2H3. The van der Waals surface area contributed by atoms with Gasteiger partial charge in [0.15, 0.2) is 0 Å². The number of nitrogens with zero attached hydrogens (tertiary/aromatic N) is 5. The van der Waals surface area contributed by atoms with Crippen molar-refractivity contribution in [2.75, 3.05) is 18.0 Å². The number of aryl methyl sites for hydroxylation is 1. The van der Waals surface area contributed by atoms with E-state index in [1.54, 1.807) is 36.7 Å². The van der Waals surface area contributed by atoms with Crippen LogP contribution in [0.4, 0.5) is 14.7 Å². The SMILES string of the molecule is Cc1nc2ccc(-c3cnc(N4CCCC(C)(C(=O)Cl)C4)nc3)cn2c1Cc1ccccc1OC(F)F. The van der Waals surface area contributed by atoms with Crippen LogP contribution >= 0.6 is 11.6 Å².